The minimum atomic E-state index is -0.314. The Hall–Kier alpha value is -2.27. The Morgan fingerprint density at radius 2 is 2.13 bits per heavy atom. The predicted molar refractivity (Wildman–Crippen MR) is 93.6 cm³/mol. The van der Waals surface area contributed by atoms with E-state index in [-0.39, 0.29) is 5.91 Å². The molecule has 1 aromatic heterocycles. The van der Waals surface area contributed by atoms with Crippen molar-refractivity contribution in [3.05, 3.63) is 47.2 Å². The van der Waals surface area contributed by atoms with Crippen LogP contribution in [0.15, 0.2) is 36.5 Å². The van der Waals surface area contributed by atoms with Gasteiger partial charge in [-0.2, -0.15) is 0 Å². The maximum atomic E-state index is 12.3. The maximum absolute atomic E-state index is 12.3. The molecule has 122 valence electrons. The van der Waals surface area contributed by atoms with E-state index in [0.29, 0.717) is 22.2 Å². The molecule has 0 aliphatic carbocycles. The van der Waals surface area contributed by atoms with Crippen LogP contribution in [0.2, 0.25) is 5.02 Å². The van der Waals surface area contributed by atoms with Crippen LogP contribution in [0.25, 0.3) is 0 Å². The SMILES string of the molecule is CCCCNc1ccc(C(=O)Nc2cc(Cl)ccc2OC)nc1. The van der Waals surface area contributed by atoms with E-state index in [2.05, 4.69) is 22.5 Å². The van der Waals surface area contributed by atoms with Gasteiger partial charge in [-0.1, -0.05) is 24.9 Å². The number of anilines is 2. The first-order valence-corrected chi connectivity index (χ1v) is 7.86. The average Bonchev–Trinajstić information content (AvgIpc) is 2.56. The summed E-state index contributed by atoms with van der Waals surface area (Å²) in [6.45, 7) is 3.03. The molecule has 0 aliphatic rings. The molecule has 0 saturated heterocycles. The Balaban J connectivity index is 2.05. The summed E-state index contributed by atoms with van der Waals surface area (Å²) in [4.78, 5) is 16.5. The van der Waals surface area contributed by atoms with Crippen molar-refractivity contribution in [1.29, 1.82) is 0 Å². The van der Waals surface area contributed by atoms with Crippen molar-refractivity contribution in [2.24, 2.45) is 0 Å². The number of methoxy groups -OCH3 is 1. The molecule has 0 aliphatic heterocycles. The van der Waals surface area contributed by atoms with Gasteiger partial charge in [-0.05, 0) is 36.8 Å². The lowest BCUT2D eigenvalue weighted by Gasteiger charge is -2.10. The number of hydrogen-bond donors (Lipinski definition) is 2. The smallest absolute Gasteiger partial charge is 0.274 e. The quantitative estimate of drug-likeness (QED) is 0.745. The summed E-state index contributed by atoms with van der Waals surface area (Å²) in [6.07, 6.45) is 3.87. The van der Waals surface area contributed by atoms with Gasteiger partial charge in [-0.25, -0.2) is 4.98 Å². The highest BCUT2D eigenvalue weighted by Crippen LogP contribution is 2.28. The van der Waals surface area contributed by atoms with Gasteiger partial charge in [0, 0.05) is 11.6 Å². The van der Waals surface area contributed by atoms with Crippen LogP contribution in [-0.4, -0.2) is 24.5 Å². The highest BCUT2D eigenvalue weighted by molar-refractivity contribution is 6.31. The van der Waals surface area contributed by atoms with Crippen molar-refractivity contribution >= 4 is 28.9 Å². The van der Waals surface area contributed by atoms with Gasteiger partial charge >= 0.3 is 0 Å². The molecule has 0 atom stereocenters. The average molecular weight is 334 g/mol. The summed E-state index contributed by atoms with van der Waals surface area (Å²) in [7, 11) is 1.54. The zero-order valence-corrected chi connectivity index (χ0v) is 14.0. The molecule has 2 rings (SSSR count). The molecule has 1 amide bonds. The number of pyridine rings is 1. The third-order valence-electron chi connectivity index (χ3n) is 3.27. The number of halogens is 1. The second-order valence-electron chi connectivity index (χ2n) is 5.01. The summed E-state index contributed by atoms with van der Waals surface area (Å²) in [5, 5.41) is 6.53. The Labute approximate surface area is 141 Å². The van der Waals surface area contributed by atoms with E-state index in [0.717, 1.165) is 25.1 Å². The number of amides is 1. The van der Waals surface area contributed by atoms with Crippen molar-refractivity contribution in [1.82, 2.24) is 4.98 Å². The molecule has 1 aromatic carbocycles. The third-order valence-corrected chi connectivity index (χ3v) is 3.50. The van der Waals surface area contributed by atoms with Gasteiger partial charge in [0.05, 0.1) is 24.7 Å². The Morgan fingerprint density at radius 1 is 1.30 bits per heavy atom. The minimum absolute atomic E-state index is 0.314. The van der Waals surface area contributed by atoms with Crippen molar-refractivity contribution in [2.75, 3.05) is 24.3 Å². The van der Waals surface area contributed by atoms with Crippen LogP contribution in [0.4, 0.5) is 11.4 Å². The fraction of sp³-hybridized carbons (Fsp3) is 0.294. The van der Waals surface area contributed by atoms with E-state index in [1.807, 2.05) is 6.07 Å². The van der Waals surface area contributed by atoms with E-state index < -0.39 is 0 Å². The first-order chi connectivity index (χ1) is 11.1. The van der Waals surface area contributed by atoms with Crippen LogP contribution in [0.1, 0.15) is 30.3 Å². The molecule has 0 unspecified atom stereocenters. The maximum Gasteiger partial charge on any atom is 0.274 e. The Kier molecular flexibility index (Phi) is 6.23. The van der Waals surface area contributed by atoms with Crippen LogP contribution >= 0.6 is 11.6 Å². The van der Waals surface area contributed by atoms with Crippen molar-refractivity contribution in [3.8, 4) is 5.75 Å². The van der Waals surface area contributed by atoms with Crippen LogP contribution < -0.4 is 15.4 Å². The normalized spacial score (nSPS) is 10.2. The summed E-state index contributed by atoms with van der Waals surface area (Å²) < 4.78 is 5.21. The topological polar surface area (TPSA) is 63.2 Å². The fourth-order valence-electron chi connectivity index (χ4n) is 2.01. The molecule has 1 heterocycles. The zero-order chi connectivity index (χ0) is 16.7. The number of ether oxygens (including phenoxy) is 1. The first kappa shape index (κ1) is 17.1. The molecule has 2 N–H and O–H groups in total. The number of carbonyl (C=O) groups excluding carboxylic acids is 1. The second kappa shape index (κ2) is 8.39. The van der Waals surface area contributed by atoms with Crippen molar-refractivity contribution < 1.29 is 9.53 Å². The van der Waals surface area contributed by atoms with Gasteiger partial charge in [-0.3, -0.25) is 4.79 Å². The largest absolute Gasteiger partial charge is 0.495 e. The van der Waals surface area contributed by atoms with Crippen LogP contribution in [0.3, 0.4) is 0 Å². The Morgan fingerprint density at radius 3 is 2.78 bits per heavy atom. The molecule has 0 spiro atoms. The van der Waals surface area contributed by atoms with E-state index in [1.165, 1.54) is 7.11 Å². The third kappa shape index (κ3) is 4.86. The van der Waals surface area contributed by atoms with E-state index in [1.54, 1.807) is 30.5 Å². The lowest BCUT2D eigenvalue weighted by Crippen LogP contribution is -2.14. The summed E-state index contributed by atoms with van der Waals surface area (Å²) in [5.74, 6) is 0.228. The van der Waals surface area contributed by atoms with Crippen molar-refractivity contribution in [2.45, 2.75) is 19.8 Å². The van der Waals surface area contributed by atoms with Crippen LogP contribution in [-0.2, 0) is 0 Å². The molecular weight excluding hydrogens is 314 g/mol. The van der Waals surface area contributed by atoms with Crippen LogP contribution in [0, 0.1) is 0 Å². The molecule has 6 heteroatoms. The zero-order valence-electron chi connectivity index (χ0n) is 13.2. The van der Waals surface area contributed by atoms with Gasteiger partial charge in [0.1, 0.15) is 11.4 Å². The molecule has 5 nitrogen and oxygen atoms in total. The van der Waals surface area contributed by atoms with Crippen molar-refractivity contribution in [3.63, 3.8) is 0 Å². The summed E-state index contributed by atoms with van der Waals surface area (Å²) in [6, 6.07) is 8.56. The van der Waals surface area contributed by atoms with E-state index >= 15 is 0 Å². The molecule has 2 aromatic rings. The first-order valence-electron chi connectivity index (χ1n) is 7.49. The van der Waals surface area contributed by atoms with Gasteiger partial charge < -0.3 is 15.4 Å². The molecule has 0 bridgehead atoms. The minimum Gasteiger partial charge on any atom is -0.495 e. The lowest BCUT2D eigenvalue weighted by molar-refractivity contribution is 0.102. The number of nitrogens with zero attached hydrogens (tertiary/aromatic N) is 1. The molecule has 0 radical (unpaired) electrons. The lowest BCUT2D eigenvalue weighted by atomic mass is 10.2. The monoisotopic (exact) mass is 333 g/mol. The molecule has 23 heavy (non-hydrogen) atoms. The molecular formula is C17H20ClN3O2. The van der Waals surface area contributed by atoms with E-state index in [9.17, 15) is 4.79 Å². The number of nitrogens with one attached hydrogen (secondary N) is 2. The second-order valence-corrected chi connectivity index (χ2v) is 5.45. The van der Waals surface area contributed by atoms with Gasteiger partial charge in [-0.15, -0.1) is 0 Å². The number of rotatable bonds is 7. The highest BCUT2D eigenvalue weighted by Gasteiger charge is 2.11. The highest BCUT2D eigenvalue weighted by atomic mass is 35.5. The van der Waals surface area contributed by atoms with E-state index in [4.69, 9.17) is 16.3 Å². The van der Waals surface area contributed by atoms with Gasteiger partial charge in [0.15, 0.2) is 0 Å². The van der Waals surface area contributed by atoms with Crippen LogP contribution in [0.5, 0.6) is 5.75 Å². The molecule has 0 fully saturated rings. The standard InChI is InChI=1S/C17H20ClN3O2/c1-3-4-9-19-13-6-7-14(20-11-13)17(22)21-15-10-12(18)5-8-16(15)23-2/h5-8,10-11,19H,3-4,9H2,1-2H3,(H,21,22). The fourth-order valence-corrected chi connectivity index (χ4v) is 2.18. The Bertz CT molecular complexity index is 659. The number of hydrogen-bond acceptors (Lipinski definition) is 4. The van der Waals surface area contributed by atoms with Gasteiger partial charge in [0.25, 0.3) is 5.91 Å². The number of carbonyl (C=O) groups is 1. The summed E-state index contributed by atoms with van der Waals surface area (Å²) in [5.41, 5.74) is 1.74. The van der Waals surface area contributed by atoms with Gasteiger partial charge in [0.2, 0.25) is 0 Å². The number of unbranched alkanes of at least 4 members (excludes halogenated alkanes) is 1. The number of aromatic nitrogens is 1. The molecule has 0 saturated carbocycles. The summed E-state index contributed by atoms with van der Waals surface area (Å²) >= 11 is 5.95. The predicted octanol–water partition coefficient (Wildman–Crippen LogP) is 4.21. The number of benzene rings is 1.